The second kappa shape index (κ2) is 8.01. The molecule has 0 saturated carbocycles. The monoisotopic (exact) mass is 356 g/mol. The van der Waals surface area contributed by atoms with Crippen LogP contribution < -0.4 is 10.6 Å². The largest absolute Gasteiger partial charge is 0.384 e. The van der Waals surface area contributed by atoms with Gasteiger partial charge in [-0.3, -0.25) is 4.79 Å². The summed E-state index contributed by atoms with van der Waals surface area (Å²) in [7, 11) is 1.66. The van der Waals surface area contributed by atoms with Gasteiger partial charge in [0.25, 0.3) is 0 Å². The van der Waals surface area contributed by atoms with E-state index in [9.17, 15) is 4.79 Å². The second-order valence-corrected chi connectivity index (χ2v) is 7.04. The van der Waals surface area contributed by atoms with Gasteiger partial charge < -0.3 is 15.4 Å². The fraction of sp³-hybridized carbons (Fsp3) is 0.500. The van der Waals surface area contributed by atoms with Crippen LogP contribution in [0.3, 0.4) is 0 Å². The van der Waals surface area contributed by atoms with Crippen LogP contribution in [0.4, 0.5) is 0 Å². The first-order valence-electron chi connectivity index (χ1n) is 9.16. The molecule has 0 unspecified atom stereocenters. The van der Waals surface area contributed by atoms with Gasteiger partial charge in [0.05, 0.1) is 23.4 Å². The molecule has 6 nitrogen and oxygen atoms in total. The molecular formula is C20H28N4O2. The first kappa shape index (κ1) is 18.6. The van der Waals surface area contributed by atoms with E-state index in [1.165, 1.54) is 0 Å². The van der Waals surface area contributed by atoms with Crippen molar-refractivity contribution in [1.29, 1.82) is 0 Å². The van der Waals surface area contributed by atoms with Crippen molar-refractivity contribution in [2.75, 3.05) is 26.8 Å². The Hall–Kier alpha value is -2.18. The molecule has 0 aliphatic carbocycles. The van der Waals surface area contributed by atoms with Crippen molar-refractivity contribution in [3.63, 3.8) is 0 Å². The number of aromatic nitrogens is 2. The molecule has 6 heteroatoms. The number of rotatable bonds is 6. The van der Waals surface area contributed by atoms with Crippen molar-refractivity contribution < 1.29 is 9.53 Å². The summed E-state index contributed by atoms with van der Waals surface area (Å²) in [6, 6.07) is 10.1. The number of piperidine rings is 1. The van der Waals surface area contributed by atoms with Crippen LogP contribution in [0, 0.1) is 19.3 Å². The smallest absolute Gasteiger partial charge is 0.228 e. The molecule has 1 aromatic heterocycles. The number of para-hydroxylation sites is 1. The summed E-state index contributed by atoms with van der Waals surface area (Å²) in [5.41, 5.74) is 3.67. The number of methoxy groups -OCH3 is 1. The molecule has 26 heavy (non-hydrogen) atoms. The molecule has 2 heterocycles. The van der Waals surface area contributed by atoms with Crippen molar-refractivity contribution in [3.8, 4) is 5.69 Å². The highest BCUT2D eigenvalue weighted by Gasteiger charge is 2.39. The van der Waals surface area contributed by atoms with E-state index >= 15 is 0 Å². The van der Waals surface area contributed by atoms with Gasteiger partial charge in [0.2, 0.25) is 5.91 Å². The van der Waals surface area contributed by atoms with Gasteiger partial charge in [-0.1, -0.05) is 18.2 Å². The molecule has 0 atom stereocenters. The van der Waals surface area contributed by atoms with Crippen molar-refractivity contribution in [3.05, 3.63) is 47.3 Å². The van der Waals surface area contributed by atoms with Gasteiger partial charge in [-0.15, -0.1) is 0 Å². The molecule has 2 aromatic rings. The number of amides is 1. The Kier molecular flexibility index (Phi) is 5.74. The number of hydrogen-bond acceptors (Lipinski definition) is 4. The van der Waals surface area contributed by atoms with E-state index in [1.54, 1.807) is 7.11 Å². The molecular weight excluding hydrogens is 328 g/mol. The van der Waals surface area contributed by atoms with Crippen LogP contribution in [0.15, 0.2) is 30.3 Å². The third-order valence-corrected chi connectivity index (χ3v) is 5.33. The van der Waals surface area contributed by atoms with Crippen LogP contribution in [-0.4, -0.2) is 42.5 Å². The highest BCUT2D eigenvalue weighted by atomic mass is 16.5. The molecule has 1 saturated heterocycles. The van der Waals surface area contributed by atoms with Gasteiger partial charge in [-0.05, 0) is 51.9 Å². The molecule has 1 aliphatic rings. The van der Waals surface area contributed by atoms with E-state index in [2.05, 4.69) is 15.7 Å². The normalized spacial score (nSPS) is 16.4. The average Bonchev–Trinajstić information content (AvgIpc) is 2.95. The molecule has 0 bridgehead atoms. The number of carbonyl (C=O) groups excluding carboxylic acids is 1. The predicted molar refractivity (Wildman–Crippen MR) is 101 cm³/mol. The van der Waals surface area contributed by atoms with E-state index < -0.39 is 5.41 Å². The first-order valence-corrected chi connectivity index (χ1v) is 9.16. The van der Waals surface area contributed by atoms with Gasteiger partial charge in [0.15, 0.2) is 0 Å². The zero-order chi connectivity index (χ0) is 18.6. The molecule has 1 fully saturated rings. The van der Waals surface area contributed by atoms with Gasteiger partial charge in [0.1, 0.15) is 0 Å². The number of benzene rings is 1. The molecule has 3 rings (SSSR count). The number of ether oxygens (including phenoxy) is 1. The minimum absolute atomic E-state index is 0.0760. The third kappa shape index (κ3) is 3.66. The summed E-state index contributed by atoms with van der Waals surface area (Å²) >= 11 is 0. The quantitative estimate of drug-likeness (QED) is 0.832. The Morgan fingerprint density at radius 3 is 2.62 bits per heavy atom. The van der Waals surface area contributed by atoms with Crippen LogP contribution in [0.5, 0.6) is 0 Å². The molecule has 2 N–H and O–H groups in total. The first-order chi connectivity index (χ1) is 12.6. The minimum atomic E-state index is -0.433. The number of hydrogen-bond donors (Lipinski definition) is 2. The summed E-state index contributed by atoms with van der Waals surface area (Å²) < 4.78 is 7.30. The van der Waals surface area contributed by atoms with E-state index in [-0.39, 0.29) is 5.91 Å². The van der Waals surface area contributed by atoms with Crippen molar-refractivity contribution in [2.24, 2.45) is 5.41 Å². The summed E-state index contributed by atoms with van der Waals surface area (Å²) in [6.07, 6.45) is 1.60. The van der Waals surface area contributed by atoms with Crippen molar-refractivity contribution >= 4 is 5.91 Å². The number of nitrogens with zero attached hydrogens (tertiary/aromatic N) is 2. The summed E-state index contributed by atoms with van der Waals surface area (Å²) in [5.74, 6) is 0.0760. The van der Waals surface area contributed by atoms with Crippen LogP contribution in [0.25, 0.3) is 5.69 Å². The molecule has 1 aliphatic heterocycles. The van der Waals surface area contributed by atoms with Crippen LogP contribution in [0.1, 0.15) is 29.8 Å². The Morgan fingerprint density at radius 2 is 1.96 bits per heavy atom. The van der Waals surface area contributed by atoms with Gasteiger partial charge in [0, 0.05) is 24.9 Å². The zero-order valence-electron chi connectivity index (χ0n) is 15.8. The zero-order valence-corrected chi connectivity index (χ0v) is 15.8. The SMILES string of the molecule is COCC1(C(=O)NCc2c(C)nn(-c3ccccc3)c2C)CCNCC1. The predicted octanol–water partition coefficient (Wildman–Crippen LogP) is 2.12. The number of carbonyl (C=O) groups is 1. The number of nitrogens with one attached hydrogen (secondary N) is 2. The maximum atomic E-state index is 12.9. The Bertz CT molecular complexity index is 743. The standard InChI is InChI=1S/C20H28N4O2/c1-15-18(16(2)24(23-15)17-7-5-4-6-8-17)13-22-19(25)20(14-26-3)9-11-21-12-10-20/h4-8,21H,9-14H2,1-3H3,(H,22,25). The highest BCUT2D eigenvalue weighted by molar-refractivity contribution is 5.83. The maximum absolute atomic E-state index is 12.9. The molecule has 0 spiro atoms. The Morgan fingerprint density at radius 1 is 1.27 bits per heavy atom. The lowest BCUT2D eigenvalue weighted by molar-refractivity contribution is -0.136. The van der Waals surface area contributed by atoms with Crippen molar-refractivity contribution in [1.82, 2.24) is 20.4 Å². The molecule has 140 valence electrons. The van der Waals surface area contributed by atoms with E-state index in [0.717, 1.165) is 48.6 Å². The lowest BCUT2D eigenvalue weighted by Crippen LogP contribution is -2.50. The summed E-state index contributed by atoms with van der Waals surface area (Å²) in [5, 5.41) is 11.1. The van der Waals surface area contributed by atoms with Crippen molar-refractivity contribution in [2.45, 2.75) is 33.2 Å². The van der Waals surface area contributed by atoms with E-state index in [1.807, 2.05) is 48.9 Å². The lowest BCUT2D eigenvalue weighted by atomic mass is 9.78. The summed E-state index contributed by atoms with van der Waals surface area (Å²) in [6.45, 7) is 6.68. The second-order valence-electron chi connectivity index (χ2n) is 7.04. The van der Waals surface area contributed by atoms with Crippen LogP contribution >= 0.6 is 0 Å². The van der Waals surface area contributed by atoms with Gasteiger partial charge >= 0.3 is 0 Å². The van der Waals surface area contributed by atoms with Gasteiger partial charge in [-0.25, -0.2) is 4.68 Å². The average molecular weight is 356 g/mol. The highest BCUT2D eigenvalue weighted by Crippen LogP contribution is 2.29. The van der Waals surface area contributed by atoms with Crippen LogP contribution in [-0.2, 0) is 16.1 Å². The van der Waals surface area contributed by atoms with E-state index in [0.29, 0.717) is 13.2 Å². The topological polar surface area (TPSA) is 68.2 Å². The fourth-order valence-corrected chi connectivity index (χ4v) is 3.73. The minimum Gasteiger partial charge on any atom is -0.384 e. The Balaban J connectivity index is 1.75. The lowest BCUT2D eigenvalue weighted by Gasteiger charge is -2.35. The fourth-order valence-electron chi connectivity index (χ4n) is 3.73. The third-order valence-electron chi connectivity index (χ3n) is 5.33. The number of aryl methyl sites for hydroxylation is 1. The van der Waals surface area contributed by atoms with Gasteiger partial charge in [-0.2, -0.15) is 5.10 Å². The maximum Gasteiger partial charge on any atom is 0.228 e. The summed E-state index contributed by atoms with van der Waals surface area (Å²) in [4.78, 5) is 12.9. The Labute approximate surface area is 154 Å². The van der Waals surface area contributed by atoms with Crippen LogP contribution in [0.2, 0.25) is 0 Å². The molecule has 1 amide bonds. The van der Waals surface area contributed by atoms with E-state index in [4.69, 9.17) is 4.74 Å². The molecule has 1 aromatic carbocycles. The molecule has 0 radical (unpaired) electrons.